The number of rotatable bonds is 3. The Morgan fingerprint density at radius 3 is 2.70 bits per heavy atom. The van der Waals surface area contributed by atoms with Crippen LogP contribution in [0.3, 0.4) is 0 Å². The SMILES string of the molecule is Cc1cc(F)c(F)c(C(C)C(N)c2n[nH]c(=O)o2)c1Br. The molecule has 2 unspecified atom stereocenters. The number of aromatic amines is 1. The first-order valence-corrected chi connectivity index (χ1v) is 6.57. The minimum absolute atomic E-state index is 0.0595. The standard InChI is InChI=1S/C12H12BrF2N3O2/c1-4-3-6(14)9(15)7(8(4)13)5(2)10(16)11-17-18-12(19)20-11/h3,5,10H,16H2,1-2H3,(H,18,19). The number of aryl methyl sites for hydroxylation is 1. The summed E-state index contributed by atoms with van der Waals surface area (Å²) in [5, 5.41) is 5.68. The van der Waals surface area contributed by atoms with Gasteiger partial charge in [0.25, 0.3) is 0 Å². The van der Waals surface area contributed by atoms with Gasteiger partial charge < -0.3 is 10.2 Å². The lowest BCUT2D eigenvalue weighted by Gasteiger charge is -2.20. The molecular formula is C12H12BrF2N3O2. The van der Waals surface area contributed by atoms with Crippen molar-refractivity contribution in [3.8, 4) is 0 Å². The fourth-order valence-corrected chi connectivity index (χ4v) is 2.58. The molecule has 0 spiro atoms. The highest BCUT2D eigenvalue weighted by Gasteiger charge is 2.28. The summed E-state index contributed by atoms with van der Waals surface area (Å²) in [6.45, 7) is 3.24. The molecule has 0 saturated carbocycles. The molecule has 3 N–H and O–H groups in total. The smallest absolute Gasteiger partial charge is 0.391 e. The third kappa shape index (κ3) is 2.53. The molecule has 108 valence electrons. The van der Waals surface area contributed by atoms with Crippen LogP contribution in [-0.2, 0) is 0 Å². The second-order valence-corrected chi connectivity index (χ2v) is 5.28. The van der Waals surface area contributed by atoms with Gasteiger partial charge in [-0.3, -0.25) is 0 Å². The number of H-pyrrole nitrogens is 1. The van der Waals surface area contributed by atoms with Gasteiger partial charge in [-0.05, 0) is 18.6 Å². The summed E-state index contributed by atoms with van der Waals surface area (Å²) in [4.78, 5) is 10.9. The maximum absolute atomic E-state index is 14.0. The molecule has 0 radical (unpaired) electrons. The van der Waals surface area contributed by atoms with Crippen molar-refractivity contribution in [2.75, 3.05) is 0 Å². The molecule has 2 aromatic rings. The van der Waals surface area contributed by atoms with Gasteiger partial charge in [0.1, 0.15) is 0 Å². The molecular weight excluding hydrogens is 336 g/mol. The van der Waals surface area contributed by atoms with Crippen molar-refractivity contribution in [2.24, 2.45) is 5.73 Å². The van der Waals surface area contributed by atoms with E-state index in [1.807, 2.05) is 0 Å². The fraction of sp³-hybridized carbons (Fsp3) is 0.333. The van der Waals surface area contributed by atoms with Crippen molar-refractivity contribution in [1.82, 2.24) is 10.2 Å². The van der Waals surface area contributed by atoms with Crippen LogP contribution in [0.5, 0.6) is 0 Å². The van der Waals surface area contributed by atoms with Gasteiger partial charge in [0.2, 0.25) is 5.89 Å². The van der Waals surface area contributed by atoms with E-state index < -0.39 is 29.4 Å². The molecule has 20 heavy (non-hydrogen) atoms. The van der Waals surface area contributed by atoms with E-state index in [-0.39, 0.29) is 11.5 Å². The Hall–Kier alpha value is -1.54. The van der Waals surface area contributed by atoms with Crippen molar-refractivity contribution in [2.45, 2.75) is 25.8 Å². The summed E-state index contributed by atoms with van der Waals surface area (Å²) in [5.41, 5.74) is 6.52. The molecule has 0 amide bonds. The topological polar surface area (TPSA) is 84.9 Å². The molecule has 2 rings (SSSR count). The number of nitrogens with zero attached hydrogens (tertiary/aromatic N) is 1. The van der Waals surface area contributed by atoms with E-state index in [0.717, 1.165) is 6.07 Å². The average molecular weight is 348 g/mol. The van der Waals surface area contributed by atoms with Crippen LogP contribution in [-0.4, -0.2) is 10.2 Å². The van der Waals surface area contributed by atoms with Gasteiger partial charge in [0.15, 0.2) is 11.6 Å². The Bertz CT molecular complexity index is 672. The van der Waals surface area contributed by atoms with E-state index in [4.69, 9.17) is 10.2 Å². The highest BCUT2D eigenvalue weighted by Crippen LogP contribution is 2.36. The monoisotopic (exact) mass is 347 g/mol. The molecule has 1 aromatic carbocycles. The Balaban J connectivity index is 2.48. The first-order chi connectivity index (χ1) is 9.32. The fourth-order valence-electron chi connectivity index (χ4n) is 1.93. The minimum atomic E-state index is -0.983. The number of nitrogens with one attached hydrogen (secondary N) is 1. The normalized spacial score (nSPS) is 14.3. The summed E-state index contributed by atoms with van der Waals surface area (Å²) < 4.78 is 32.7. The quantitative estimate of drug-likeness (QED) is 0.835. The van der Waals surface area contributed by atoms with Crippen LogP contribution in [0.25, 0.3) is 0 Å². The van der Waals surface area contributed by atoms with Crippen molar-refractivity contribution >= 4 is 15.9 Å². The number of nitrogens with two attached hydrogens (primary N) is 1. The van der Waals surface area contributed by atoms with Crippen molar-refractivity contribution in [3.63, 3.8) is 0 Å². The summed E-state index contributed by atoms with van der Waals surface area (Å²) in [6.07, 6.45) is 0. The van der Waals surface area contributed by atoms with Crippen LogP contribution in [0.1, 0.15) is 35.9 Å². The highest BCUT2D eigenvalue weighted by atomic mass is 79.9. The first kappa shape index (κ1) is 14.9. The molecule has 0 bridgehead atoms. The number of hydrogen-bond donors (Lipinski definition) is 2. The Labute approximate surface area is 121 Å². The molecule has 0 saturated heterocycles. The summed E-state index contributed by atoms with van der Waals surface area (Å²) >= 11 is 3.23. The Kier molecular flexibility index (Phi) is 4.05. The van der Waals surface area contributed by atoms with Crippen LogP contribution >= 0.6 is 15.9 Å². The van der Waals surface area contributed by atoms with E-state index in [0.29, 0.717) is 10.0 Å². The first-order valence-electron chi connectivity index (χ1n) is 5.78. The number of halogens is 3. The lowest BCUT2D eigenvalue weighted by molar-refractivity contribution is 0.392. The average Bonchev–Trinajstić information content (AvgIpc) is 2.82. The van der Waals surface area contributed by atoms with E-state index >= 15 is 0 Å². The summed E-state index contributed by atoms with van der Waals surface area (Å²) in [5.74, 6) is -3.40. The van der Waals surface area contributed by atoms with Crippen molar-refractivity contribution in [3.05, 3.63) is 49.7 Å². The molecule has 0 aliphatic rings. The van der Waals surface area contributed by atoms with Gasteiger partial charge in [-0.1, -0.05) is 22.9 Å². The van der Waals surface area contributed by atoms with E-state index in [2.05, 4.69) is 26.1 Å². The lowest BCUT2D eigenvalue weighted by atomic mass is 9.92. The largest absolute Gasteiger partial charge is 0.434 e. The van der Waals surface area contributed by atoms with Crippen LogP contribution in [0.2, 0.25) is 0 Å². The maximum Gasteiger partial charge on any atom is 0.434 e. The third-order valence-corrected chi connectivity index (χ3v) is 4.16. The Morgan fingerprint density at radius 1 is 1.50 bits per heavy atom. The van der Waals surface area contributed by atoms with E-state index in [9.17, 15) is 13.6 Å². The van der Waals surface area contributed by atoms with Gasteiger partial charge in [0, 0.05) is 16.0 Å². The Morgan fingerprint density at radius 2 is 2.15 bits per heavy atom. The molecule has 8 heteroatoms. The zero-order chi connectivity index (χ0) is 15.0. The van der Waals surface area contributed by atoms with Gasteiger partial charge in [-0.25, -0.2) is 18.7 Å². The molecule has 0 aliphatic heterocycles. The summed E-state index contributed by atoms with van der Waals surface area (Å²) in [7, 11) is 0. The minimum Gasteiger partial charge on any atom is -0.391 e. The zero-order valence-corrected chi connectivity index (χ0v) is 12.3. The van der Waals surface area contributed by atoms with Crippen molar-refractivity contribution in [1.29, 1.82) is 0 Å². The van der Waals surface area contributed by atoms with Gasteiger partial charge in [-0.15, -0.1) is 5.10 Å². The highest BCUT2D eigenvalue weighted by molar-refractivity contribution is 9.10. The molecule has 0 fully saturated rings. The third-order valence-electron chi connectivity index (χ3n) is 3.11. The van der Waals surface area contributed by atoms with Gasteiger partial charge >= 0.3 is 5.76 Å². The second-order valence-electron chi connectivity index (χ2n) is 4.48. The van der Waals surface area contributed by atoms with Crippen LogP contribution in [0, 0.1) is 18.6 Å². The predicted octanol–water partition coefficient (Wildman–Crippen LogP) is 2.52. The number of hydrogen-bond acceptors (Lipinski definition) is 4. The van der Waals surface area contributed by atoms with Gasteiger partial charge in [-0.2, -0.15) is 0 Å². The zero-order valence-electron chi connectivity index (χ0n) is 10.7. The van der Waals surface area contributed by atoms with Crippen LogP contribution < -0.4 is 11.5 Å². The molecule has 5 nitrogen and oxygen atoms in total. The summed E-state index contributed by atoms with van der Waals surface area (Å²) in [6, 6.07) is 0.205. The molecule has 2 atom stereocenters. The van der Waals surface area contributed by atoms with Gasteiger partial charge in [0.05, 0.1) is 6.04 Å². The van der Waals surface area contributed by atoms with E-state index in [1.165, 1.54) is 0 Å². The number of benzene rings is 1. The maximum atomic E-state index is 14.0. The molecule has 1 aromatic heterocycles. The molecule has 1 heterocycles. The lowest BCUT2D eigenvalue weighted by Crippen LogP contribution is -2.20. The predicted molar refractivity (Wildman–Crippen MR) is 71.3 cm³/mol. The van der Waals surface area contributed by atoms with Crippen LogP contribution in [0.4, 0.5) is 8.78 Å². The van der Waals surface area contributed by atoms with Crippen LogP contribution in [0.15, 0.2) is 19.8 Å². The van der Waals surface area contributed by atoms with Crippen molar-refractivity contribution < 1.29 is 13.2 Å². The number of aromatic nitrogens is 2. The van der Waals surface area contributed by atoms with E-state index in [1.54, 1.807) is 13.8 Å². The molecule has 0 aliphatic carbocycles. The second kappa shape index (κ2) is 5.45.